The van der Waals surface area contributed by atoms with Crippen LogP contribution in [0.25, 0.3) is 0 Å². The lowest BCUT2D eigenvalue weighted by Gasteiger charge is -2.25. The van der Waals surface area contributed by atoms with E-state index in [-0.39, 0.29) is 11.8 Å². The zero-order valence-corrected chi connectivity index (χ0v) is 15.2. The Hall–Kier alpha value is -3.11. The second-order valence-corrected chi connectivity index (χ2v) is 6.82. The molecule has 1 aliphatic heterocycles. The topological polar surface area (TPSA) is 49.4 Å². The number of carbonyl (C=O) groups excluding carboxylic acids is 2. The van der Waals surface area contributed by atoms with Gasteiger partial charge in [0.25, 0.3) is 5.91 Å². The summed E-state index contributed by atoms with van der Waals surface area (Å²) in [5.41, 5.74) is 2.96. The van der Waals surface area contributed by atoms with Crippen LogP contribution in [0.4, 0.5) is 11.4 Å². The van der Waals surface area contributed by atoms with Gasteiger partial charge in [-0.2, -0.15) is 0 Å². The second-order valence-electron chi connectivity index (χ2n) is 6.39. The van der Waals surface area contributed by atoms with Gasteiger partial charge < -0.3 is 5.32 Å². The van der Waals surface area contributed by atoms with Gasteiger partial charge in [0.05, 0.1) is 0 Å². The van der Waals surface area contributed by atoms with Crippen LogP contribution in [-0.2, 0) is 11.2 Å². The van der Waals surface area contributed by atoms with E-state index in [1.54, 1.807) is 41.3 Å². The summed E-state index contributed by atoms with van der Waals surface area (Å²) in [6.45, 7) is 0. The summed E-state index contributed by atoms with van der Waals surface area (Å²) >= 11 is 5.90. The Morgan fingerprint density at radius 1 is 0.889 bits per heavy atom. The third-order valence-corrected chi connectivity index (χ3v) is 4.88. The van der Waals surface area contributed by atoms with E-state index in [2.05, 4.69) is 5.32 Å². The number of carbonyl (C=O) groups is 2. The highest BCUT2D eigenvalue weighted by atomic mass is 35.5. The van der Waals surface area contributed by atoms with Crippen LogP contribution < -0.4 is 10.2 Å². The fourth-order valence-electron chi connectivity index (χ4n) is 3.33. The maximum Gasteiger partial charge on any atom is 0.259 e. The number of nitrogens with one attached hydrogen (secondary N) is 1. The normalized spacial score (nSPS) is 15.3. The first-order valence-electron chi connectivity index (χ1n) is 8.66. The van der Waals surface area contributed by atoms with Gasteiger partial charge in [-0.1, -0.05) is 48.0 Å². The number of benzene rings is 3. The summed E-state index contributed by atoms with van der Waals surface area (Å²) in [4.78, 5) is 27.7. The van der Waals surface area contributed by atoms with Gasteiger partial charge in [0.15, 0.2) is 0 Å². The Bertz CT molecular complexity index is 987. The minimum atomic E-state index is -0.606. The summed E-state index contributed by atoms with van der Waals surface area (Å²) in [5, 5.41) is 3.49. The lowest BCUT2D eigenvalue weighted by Crippen LogP contribution is -2.45. The summed E-state index contributed by atoms with van der Waals surface area (Å²) in [6.07, 6.45) is 0.480. The van der Waals surface area contributed by atoms with Gasteiger partial charge in [0.1, 0.15) is 6.04 Å². The molecule has 0 saturated heterocycles. The number of amides is 2. The van der Waals surface area contributed by atoms with Gasteiger partial charge in [-0.05, 0) is 48.0 Å². The van der Waals surface area contributed by atoms with Crippen molar-refractivity contribution in [2.45, 2.75) is 12.5 Å². The smallest absolute Gasteiger partial charge is 0.259 e. The van der Waals surface area contributed by atoms with E-state index < -0.39 is 6.04 Å². The van der Waals surface area contributed by atoms with Crippen LogP contribution in [0.1, 0.15) is 15.9 Å². The zero-order chi connectivity index (χ0) is 18.8. The van der Waals surface area contributed by atoms with Crippen molar-refractivity contribution in [1.29, 1.82) is 0 Å². The fraction of sp³-hybridized carbons (Fsp3) is 0.0909. The van der Waals surface area contributed by atoms with Crippen molar-refractivity contribution >= 4 is 34.8 Å². The van der Waals surface area contributed by atoms with E-state index >= 15 is 0 Å². The predicted molar refractivity (Wildman–Crippen MR) is 107 cm³/mol. The number of hydrogen-bond donors (Lipinski definition) is 1. The van der Waals surface area contributed by atoms with Gasteiger partial charge >= 0.3 is 0 Å². The molecule has 0 radical (unpaired) electrons. The molecular weight excluding hydrogens is 360 g/mol. The van der Waals surface area contributed by atoms with Gasteiger partial charge in [0.2, 0.25) is 5.91 Å². The maximum absolute atomic E-state index is 13.2. The average Bonchev–Trinajstić information content (AvgIpc) is 3.09. The molecule has 1 N–H and O–H groups in total. The molecule has 2 amide bonds. The first-order chi connectivity index (χ1) is 13.1. The van der Waals surface area contributed by atoms with E-state index in [9.17, 15) is 9.59 Å². The van der Waals surface area contributed by atoms with E-state index in [1.165, 1.54) is 0 Å². The van der Waals surface area contributed by atoms with Gasteiger partial charge in [-0.15, -0.1) is 0 Å². The minimum absolute atomic E-state index is 0.184. The molecule has 3 aromatic carbocycles. The van der Waals surface area contributed by atoms with Crippen LogP contribution in [0.15, 0.2) is 78.9 Å². The third-order valence-electron chi connectivity index (χ3n) is 4.63. The van der Waals surface area contributed by atoms with Crippen LogP contribution in [0.3, 0.4) is 0 Å². The molecule has 0 aromatic heterocycles. The molecule has 4 rings (SSSR count). The lowest BCUT2D eigenvalue weighted by atomic mass is 10.1. The molecule has 134 valence electrons. The largest absolute Gasteiger partial charge is 0.324 e. The highest BCUT2D eigenvalue weighted by molar-refractivity contribution is 6.30. The fourth-order valence-corrected chi connectivity index (χ4v) is 3.45. The molecule has 27 heavy (non-hydrogen) atoms. The molecule has 0 spiro atoms. The third kappa shape index (κ3) is 3.44. The van der Waals surface area contributed by atoms with Crippen molar-refractivity contribution in [1.82, 2.24) is 0 Å². The number of anilines is 2. The Morgan fingerprint density at radius 2 is 1.56 bits per heavy atom. The Balaban J connectivity index is 1.65. The standard InChI is InChI=1S/C22H17ClN2O2/c23-17-10-12-18(13-11-17)24-21(26)20-14-16-8-4-5-9-19(16)25(20)22(27)15-6-2-1-3-7-15/h1-13,20H,14H2,(H,24,26)/t20-/m1/s1. The van der Waals surface area contributed by atoms with Crippen molar-refractivity contribution in [2.75, 3.05) is 10.2 Å². The Morgan fingerprint density at radius 3 is 2.30 bits per heavy atom. The molecule has 3 aromatic rings. The molecule has 5 heteroatoms. The molecule has 0 unspecified atom stereocenters. The monoisotopic (exact) mass is 376 g/mol. The molecule has 4 nitrogen and oxygen atoms in total. The highest BCUT2D eigenvalue weighted by Gasteiger charge is 2.38. The Kier molecular flexibility index (Phi) is 4.65. The van der Waals surface area contributed by atoms with Gasteiger partial charge in [-0.3, -0.25) is 14.5 Å². The summed E-state index contributed by atoms with van der Waals surface area (Å²) in [7, 11) is 0. The van der Waals surface area contributed by atoms with Crippen LogP contribution in [0.2, 0.25) is 5.02 Å². The van der Waals surface area contributed by atoms with Crippen LogP contribution in [0, 0.1) is 0 Å². The average molecular weight is 377 g/mol. The molecule has 0 saturated carbocycles. The molecule has 1 heterocycles. The molecule has 1 atom stereocenters. The number of fused-ring (bicyclic) bond motifs is 1. The number of halogens is 1. The van der Waals surface area contributed by atoms with Crippen molar-refractivity contribution in [3.8, 4) is 0 Å². The molecule has 0 bridgehead atoms. The second kappa shape index (κ2) is 7.25. The number of nitrogens with zero attached hydrogens (tertiary/aromatic N) is 1. The summed E-state index contributed by atoms with van der Waals surface area (Å²) in [5.74, 6) is -0.408. The van der Waals surface area contributed by atoms with Crippen LogP contribution >= 0.6 is 11.6 Å². The van der Waals surface area contributed by atoms with Crippen molar-refractivity contribution in [2.24, 2.45) is 0 Å². The first-order valence-corrected chi connectivity index (χ1v) is 9.04. The predicted octanol–water partition coefficient (Wildman–Crippen LogP) is 4.55. The van der Waals surface area contributed by atoms with Crippen molar-refractivity contribution in [3.63, 3.8) is 0 Å². The summed E-state index contributed by atoms with van der Waals surface area (Å²) < 4.78 is 0. The van der Waals surface area contributed by atoms with Crippen molar-refractivity contribution < 1.29 is 9.59 Å². The number of rotatable bonds is 3. The van der Waals surface area contributed by atoms with Gasteiger partial charge in [0, 0.05) is 28.4 Å². The van der Waals surface area contributed by atoms with Crippen LogP contribution in [-0.4, -0.2) is 17.9 Å². The number of para-hydroxylation sites is 1. The molecule has 0 aliphatic carbocycles. The maximum atomic E-state index is 13.2. The molecular formula is C22H17ClN2O2. The van der Waals surface area contributed by atoms with E-state index in [0.29, 0.717) is 22.7 Å². The number of hydrogen-bond acceptors (Lipinski definition) is 2. The quantitative estimate of drug-likeness (QED) is 0.729. The van der Waals surface area contributed by atoms with E-state index in [1.807, 2.05) is 42.5 Å². The lowest BCUT2D eigenvalue weighted by molar-refractivity contribution is -0.117. The highest BCUT2D eigenvalue weighted by Crippen LogP contribution is 2.34. The minimum Gasteiger partial charge on any atom is -0.324 e. The molecule has 0 fully saturated rings. The van der Waals surface area contributed by atoms with Crippen molar-refractivity contribution in [3.05, 3.63) is 95.0 Å². The SMILES string of the molecule is O=C(Nc1ccc(Cl)cc1)[C@H]1Cc2ccccc2N1C(=O)c1ccccc1. The van der Waals surface area contributed by atoms with Crippen LogP contribution in [0.5, 0.6) is 0 Å². The Labute approximate surface area is 162 Å². The van der Waals surface area contributed by atoms with Gasteiger partial charge in [-0.25, -0.2) is 0 Å². The first kappa shape index (κ1) is 17.3. The molecule has 1 aliphatic rings. The van der Waals surface area contributed by atoms with E-state index in [4.69, 9.17) is 11.6 Å². The van der Waals surface area contributed by atoms with E-state index in [0.717, 1.165) is 11.3 Å². The zero-order valence-electron chi connectivity index (χ0n) is 14.4. The summed E-state index contributed by atoms with van der Waals surface area (Å²) in [6, 6.07) is 23.0.